The van der Waals surface area contributed by atoms with Gasteiger partial charge in [-0.15, -0.1) is 11.3 Å². The van der Waals surface area contributed by atoms with Crippen molar-refractivity contribution in [2.24, 2.45) is 0 Å². The highest BCUT2D eigenvalue weighted by Gasteiger charge is 2.20. The van der Waals surface area contributed by atoms with Crippen molar-refractivity contribution < 1.29 is 9.53 Å². The molecule has 146 valence electrons. The number of halogens is 1. The van der Waals surface area contributed by atoms with E-state index in [2.05, 4.69) is 10.3 Å². The Hall–Kier alpha value is -2.38. The standard InChI is InChI=1S/C20H20ClN3O3S/c1-27-15-7-6-12(10-14(15)21)23-17(25)8-9-24-11-22-19-18(20(24)26)13-4-2-3-5-16(13)28-19/h6-7,10-11H,2-5,8-9H2,1H3,(H,23,25). The van der Waals surface area contributed by atoms with Crippen molar-refractivity contribution in [1.82, 2.24) is 9.55 Å². The minimum absolute atomic E-state index is 0.0512. The number of hydrogen-bond donors (Lipinski definition) is 1. The van der Waals surface area contributed by atoms with E-state index in [4.69, 9.17) is 16.3 Å². The third kappa shape index (κ3) is 3.64. The molecule has 2 heterocycles. The molecule has 0 bridgehead atoms. The average Bonchev–Trinajstić information content (AvgIpc) is 3.07. The lowest BCUT2D eigenvalue weighted by molar-refractivity contribution is -0.116. The molecule has 1 aliphatic carbocycles. The van der Waals surface area contributed by atoms with E-state index in [1.165, 1.54) is 23.0 Å². The summed E-state index contributed by atoms with van der Waals surface area (Å²) in [5, 5.41) is 3.96. The van der Waals surface area contributed by atoms with E-state index in [-0.39, 0.29) is 24.4 Å². The van der Waals surface area contributed by atoms with Crippen molar-refractivity contribution >= 4 is 44.7 Å². The van der Waals surface area contributed by atoms with Crippen LogP contribution in [0.5, 0.6) is 5.75 Å². The molecule has 0 saturated heterocycles. The number of amides is 1. The Morgan fingerprint density at radius 2 is 2.18 bits per heavy atom. The van der Waals surface area contributed by atoms with Gasteiger partial charge in [0, 0.05) is 23.5 Å². The molecular formula is C20H20ClN3O3S. The van der Waals surface area contributed by atoms with Gasteiger partial charge in [0.25, 0.3) is 5.56 Å². The molecule has 0 saturated carbocycles. The van der Waals surface area contributed by atoms with E-state index in [1.54, 1.807) is 35.9 Å². The van der Waals surface area contributed by atoms with Crippen LogP contribution in [0.25, 0.3) is 10.2 Å². The first-order valence-corrected chi connectivity index (χ1v) is 10.4. The van der Waals surface area contributed by atoms with Crippen molar-refractivity contribution in [1.29, 1.82) is 0 Å². The third-order valence-corrected chi connectivity index (χ3v) is 6.45. The van der Waals surface area contributed by atoms with Crippen LogP contribution in [-0.2, 0) is 24.2 Å². The molecule has 0 radical (unpaired) electrons. The van der Waals surface area contributed by atoms with Crippen molar-refractivity contribution in [3.63, 3.8) is 0 Å². The van der Waals surface area contributed by atoms with Crippen LogP contribution in [0.2, 0.25) is 5.02 Å². The van der Waals surface area contributed by atoms with E-state index < -0.39 is 0 Å². The summed E-state index contributed by atoms with van der Waals surface area (Å²) < 4.78 is 6.63. The molecule has 2 aromatic heterocycles. The second kappa shape index (κ2) is 7.93. The Bertz CT molecular complexity index is 1110. The molecule has 4 rings (SSSR count). The number of aryl methyl sites for hydroxylation is 3. The van der Waals surface area contributed by atoms with Crippen LogP contribution in [0, 0.1) is 0 Å². The lowest BCUT2D eigenvalue weighted by atomic mass is 9.97. The fraction of sp³-hybridized carbons (Fsp3) is 0.350. The molecule has 8 heteroatoms. The highest BCUT2D eigenvalue weighted by atomic mass is 35.5. The van der Waals surface area contributed by atoms with E-state index >= 15 is 0 Å². The number of rotatable bonds is 5. The molecule has 0 atom stereocenters. The molecule has 3 aromatic rings. The lowest BCUT2D eigenvalue weighted by Gasteiger charge is -2.11. The van der Waals surface area contributed by atoms with Crippen molar-refractivity contribution in [3.8, 4) is 5.75 Å². The van der Waals surface area contributed by atoms with E-state index in [0.717, 1.165) is 35.0 Å². The summed E-state index contributed by atoms with van der Waals surface area (Å²) in [6.07, 6.45) is 5.97. The smallest absolute Gasteiger partial charge is 0.262 e. The minimum atomic E-state index is -0.194. The summed E-state index contributed by atoms with van der Waals surface area (Å²) >= 11 is 7.71. The molecule has 0 fully saturated rings. The maximum Gasteiger partial charge on any atom is 0.262 e. The molecule has 1 amide bonds. The topological polar surface area (TPSA) is 73.2 Å². The largest absolute Gasteiger partial charge is 0.495 e. The number of anilines is 1. The molecule has 1 aromatic carbocycles. The lowest BCUT2D eigenvalue weighted by Crippen LogP contribution is -2.24. The molecule has 1 aliphatic rings. The number of fused-ring (bicyclic) bond motifs is 3. The second-order valence-corrected chi connectivity index (χ2v) is 8.27. The number of carbonyl (C=O) groups is 1. The maximum absolute atomic E-state index is 12.9. The number of nitrogens with zero attached hydrogens (tertiary/aromatic N) is 2. The first-order valence-electron chi connectivity index (χ1n) is 9.20. The van der Waals surface area contributed by atoms with Gasteiger partial charge in [0.1, 0.15) is 10.6 Å². The Balaban J connectivity index is 1.48. The number of ether oxygens (including phenoxy) is 1. The monoisotopic (exact) mass is 417 g/mol. The minimum Gasteiger partial charge on any atom is -0.495 e. The van der Waals surface area contributed by atoms with Gasteiger partial charge >= 0.3 is 0 Å². The SMILES string of the molecule is COc1ccc(NC(=O)CCn2cnc3sc4c(c3c2=O)CCCC4)cc1Cl. The summed E-state index contributed by atoms with van der Waals surface area (Å²) in [6, 6.07) is 5.05. The zero-order chi connectivity index (χ0) is 19.7. The molecule has 1 N–H and O–H groups in total. The van der Waals surface area contributed by atoms with Gasteiger partial charge < -0.3 is 10.1 Å². The number of carbonyl (C=O) groups excluding carboxylic acids is 1. The first-order chi connectivity index (χ1) is 13.6. The van der Waals surface area contributed by atoms with Gasteiger partial charge in [-0.1, -0.05) is 11.6 Å². The summed E-state index contributed by atoms with van der Waals surface area (Å²) in [5.74, 6) is 0.352. The summed E-state index contributed by atoms with van der Waals surface area (Å²) in [7, 11) is 1.53. The Labute approximate surface area is 171 Å². The van der Waals surface area contributed by atoms with E-state index in [1.807, 2.05) is 0 Å². The summed E-state index contributed by atoms with van der Waals surface area (Å²) in [4.78, 5) is 31.8. The van der Waals surface area contributed by atoms with Crippen LogP contribution in [0.15, 0.2) is 29.3 Å². The third-order valence-electron chi connectivity index (χ3n) is 4.96. The number of aromatic nitrogens is 2. The van der Waals surface area contributed by atoms with Gasteiger partial charge in [-0.05, 0) is 49.4 Å². The predicted octanol–water partition coefficient (Wildman–Crippen LogP) is 4.03. The highest BCUT2D eigenvalue weighted by Crippen LogP contribution is 2.33. The fourth-order valence-corrected chi connectivity index (χ4v) is 5.01. The van der Waals surface area contributed by atoms with Crippen molar-refractivity contribution in [2.45, 2.75) is 38.6 Å². The highest BCUT2D eigenvalue weighted by molar-refractivity contribution is 7.18. The van der Waals surface area contributed by atoms with Crippen LogP contribution in [0.1, 0.15) is 29.7 Å². The zero-order valence-corrected chi connectivity index (χ0v) is 17.0. The van der Waals surface area contributed by atoms with Gasteiger partial charge in [0.05, 0.1) is 23.8 Å². The number of methoxy groups -OCH3 is 1. The summed E-state index contributed by atoms with van der Waals surface area (Å²) in [6.45, 7) is 0.280. The van der Waals surface area contributed by atoms with Gasteiger partial charge in [-0.3, -0.25) is 14.2 Å². The Morgan fingerprint density at radius 1 is 1.36 bits per heavy atom. The number of benzene rings is 1. The van der Waals surface area contributed by atoms with Gasteiger partial charge in [0.2, 0.25) is 5.91 Å². The van der Waals surface area contributed by atoms with Gasteiger partial charge in [-0.25, -0.2) is 4.98 Å². The molecule has 6 nitrogen and oxygen atoms in total. The molecule has 0 aliphatic heterocycles. The Kier molecular flexibility index (Phi) is 5.37. The quantitative estimate of drug-likeness (QED) is 0.680. The van der Waals surface area contributed by atoms with Crippen LogP contribution < -0.4 is 15.6 Å². The normalized spacial score (nSPS) is 13.4. The number of hydrogen-bond acceptors (Lipinski definition) is 5. The number of thiophene rings is 1. The van der Waals surface area contributed by atoms with Gasteiger partial charge in [0.15, 0.2) is 0 Å². The van der Waals surface area contributed by atoms with Crippen LogP contribution in [-0.4, -0.2) is 22.6 Å². The van der Waals surface area contributed by atoms with Crippen molar-refractivity contribution in [2.75, 3.05) is 12.4 Å². The Morgan fingerprint density at radius 3 is 2.96 bits per heavy atom. The average molecular weight is 418 g/mol. The summed E-state index contributed by atoms with van der Waals surface area (Å²) in [5.41, 5.74) is 1.70. The second-order valence-electron chi connectivity index (χ2n) is 6.78. The molecular weight excluding hydrogens is 398 g/mol. The molecule has 28 heavy (non-hydrogen) atoms. The first kappa shape index (κ1) is 19.0. The van der Waals surface area contributed by atoms with Gasteiger partial charge in [-0.2, -0.15) is 0 Å². The molecule has 0 unspecified atom stereocenters. The van der Waals surface area contributed by atoms with E-state index in [0.29, 0.717) is 16.5 Å². The predicted molar refractivity (Wildman–Crippen MR) is 112 cm³/mol. The van der Waals surface area contributed by atoms with E-state index in [9.17, 15) is 9.59 Å². The zero-order valence-electron chi connectivity index (χ0n) is 15.5. The van der Waals surface area contributed by atoms with Crippen molar-refractivity contribution in [3.05, 3.63) is 50.3 Å². The fourth-order valence-electron chi connectivity index (χ4n) is 3.53. The van der Waals surface area contributed by atoms with Crippen LogP contribution in [0.4, 0.5) is 5.69 Å². The molecule has 0 spiro atoms. The van der Waals surface area contributed by atoms with Crippen LogP contribution in [0.3, 0.4) is 0 Å². The maximum atomic E-state index is 12.9. The van der Waals surface area contributed by atoms with Crippen LogP contribution >= 0.6 is 22.9 Å². The number of nitrogens with one attached hydrogen (secondary N) is 1.